The topological polar surface area (TPSA) is 8.17 Å². The largest absolute Gasteiger partial charge is 0.310 e. The molecule has 12 aromatic rings. The van der Waals surface area contributed by atoms with Crippen LogP contribution in [0, 0.1) is 0 Å². The van der Waals surface area contributed by atoms with Crippen molar-refractivity contribution in [3.63, 3.8) is 0 Å². The van der Waals surface area contributed by atoms with E-state index in [4.69, 9.17) is 0 Å². The fraction of sp³-hybridized carbons (Fsp3) is 0. The van der Waals surface area contributed by atoms with Gasteiger partial charge >= 0.3 is 0 Å². The van der Waals surface area contributed by atoms with Crippen LogP contribution < -0.4 is 4.90 Å². The van der Waals surface area contributed by atoms with Crippen molar-refractivity contribution in [1.82, 2.24) is 4.57 Å². The third-order valence-electron chi connectivity index (χ3n) is 12.0. The van der Waals surface area contributed by atoms with Crippen molar-refractivity contribution >= 4 is 91.9 Å². The summed E-state index contributed by atoms with van der Waals surface area (Å²) in [7, 11) is 0. The molecule has 2 nitrogen and oxygen atoms in total. The van der Waals surface area contributed by atoms with E-state index in [0.717, 1.165) is 22.7 Å². The van der Waals surface area contributed by atoms with Gasteiger partial charge in [-0.05, 0) is 98.9 Å². The zero-order chi connectivity index (χ0) is 38.9. The van der Waals surface area contributed by atoms with Gasteiger partial charge in [-0.3, -0.25) is 0 Å². The average Bonchev–Trinajstić information content (AvgIpc) is 3.85. The van der Waals surface area contributed by atoms with E-state index in [-0.39, 0.29) is 0 Å². The fourth-order valence-electron chi connectivity index (χ4n) is 9.16. The van der Waals surface area contributed by atoms with Crippen LogP contribution in [0.15, 0.2) is 218 Å². The van der Waals surface area contributed by atoms with E-state index < -0.39 is 0 Å². The van der Waals surface area contributed by atoms with Crippen LogP contribution in [-0.4, -0.2) is 4.57 Å². The standard InChI is InChI=1S/C56H36N2S/c1-2-14-40-34-42(25-24-37(40)12-1)46-17-5-8-21-52(46)57(45-31-33-50-51-32-28-39-13-3-4-18-47(39)56(51)59-55(50)36-45)43-29-26-38(27-30-43)41-15-11-16-44(35-41)58-53-22-9-6-19-48(53)49-20-7-10-23-54(49)58/h1-36H. The van der Waals surface area contributed by atoms with E-state index in [1.807, 2.05) is 11.3 Å². The molecule has 0 fully saturated rings. The molecular weight excluding hydrogens is 733 g/mol. The Kier molecular flexibility index (Phi) is 7.75. The van der Waals surface area contributed by atoms with Crippen molar-refractivity contribution in [3.8, 4) is 27.9 Å². The highest BCUT2D eigenvalue weighted by Crippen LogP contribution is 2.45. The third kappa shape index (κ3) is 5.55. The van der Waals surface area contributed by atoms with Crippen LogP contribution in [0.1, 0.15) is 0 Å². The summed E-state index contributed by atoms with van der Waals surface area (Å²) in [5.41, 5.74) is 11.7. The van der Waals surface area contributed by atoms with Crippen molar-refractivity contribution in [2.45, 2.75) is 0 Å². The number of aromatic nitrogens is 1. The van der Waals surface area contributed by atoms with Gasteiger partial charge < -0.3 is 9.47 Å². The lowest BCUT2D eigenvalue weighted by Crippen LogP contribution is -2.11. The smallest absolute Gasteiger partial charge is 0.0541 e. The second-order valence-electron chi connectivity index (χ2n) is 15.3. The van der Waals surface area contributed by atoms with Gasteiger partial charge in [0.25, 0.3) is 0 Å². The lowest BCUT2D eigenvalue weighted by atomic mass is 9.98. The second kappa shape index (κ2) is 13.6. The Morgan fingerprint density at radius 3 is 1.80 bits per heavy atom. The highest BCUT2D eigenvalue weighted by Gasteiger charge is 2.20. The van der Waals surface area contributed by atoms with Crippen molar-refractivity contribution in [3.05, 3.63) is 218 Å². The van der Waals surface area contributed by atoms with Crippen molar-refractivity contribution in [1.29, 1.82) is 0 Å². The van der Waals surface area contributed by atoms with E-state index >= 15 is 0 Å². The fourth-order valence-corrected chi connectivity index (χ4v) is 10.4. The van der Waals surface area contributed by atoms with Gasteiger partial charge in [0.2, 0.25) is 0 Å². The molecule has 0 saturated carbocycles. The Balaban J connectivity index is 1.00. The number of benzene rings is 10. The molecule has 59 heavy (non-hydrogen) atoms. The summed E-state index contributed by atoms with van der Waals surface area (Å²) in [5, 5.41) is 10.2. The van der Waals surface area contributed by atoms with E-state index in [1.54, 1.807) is 0 Å². The van der Waals surface area contributed by atoms with Gasteiger partial charge in [-0.2, -0.15) is 0 Å². The number of fused-ring (bicyclic) bond motifs is 9. The number of thiophene rings is 1. The van der Waals surface area contributed by atoms with Crippen LogP contribution in [0.25, 0.3) is 91.5 Å². The summed E-state index contributed by atoms with van der Waals surface area (Å²) in [4.78, 5) is 2.44. The predicted molar refractivity (Wildman–Crippen MR) is 254 cm³/mol. The minimum absolute atomic E-state index is 1.10. The molecule has 0 bridgehead atoms. The van der Waals surface area contributed by atoms with Gasteiger partial charge in [0.05, 0.1) is 16.7 Å². The Morgan fingerprint density at radius 2 is 0.983 bits per heavy atom. The normalized spacial score (nSPS) is 11.7. The summed E-state index contributed by atoms with van der Waals surface area (Å²) in [5.74, 6) is 0. The molecule has 0 amide bonds. The van der Waals surface area contributed by atoms with E-state index in [0.29, 0.717) is 0 Å². The van der Waals surface area contributed by atoms with Crippen LogP contribution in [0.5, 0.6) is 0 Å². The predicted octanol–water partition coefficient (Wildman–Crippen LogP) is 16.3. The van der Waals surface area contributed by atoms with E-state index in [2.05, 4.69) is 228 Å². The molecule has 0 atom stereocenters. The SMILES string of the molecule is c1cc(-c2ccc(N(c3ccc4c(c3)sc3c5ccccc5ccc43)c3ccccc3-c3ccc4ccccc4c3)cc2)cc(-n2c3ccccc3c3ccccc32)c1. The van der Waals surface area contributed by atoms with Gasteiger partial charge in [0.15, 0.2) is 0 Å². The molecule has 0 aliphatic heterocycles. The molecule has 3 heteroatoms. The lowest BCUT2D eigenvalue weighted by Gasteiger charge is -2.28. The first kappa shape index (κ1) is 33.7. The van der Waals surface area contributed by atoms with Crippen LogP contribution in [0.3, 0.4) is 0 Å². The zero-order valence-corrected chi connectivity index (χ0v) is 32.9. The van der Waals surface area contributed by atoms with Crippen molar-refractivity contribution in [2.75, 3.05) is 4.90 Å². The van der Waals surface area contributed by atoms with Crippen LogP contribution in [0.2, 0.25) is 0 Å². The minimum Gasteiger partial charge on any atom is -0.310 e. The molecule has 2 heterocycles. The highest BCUT2D eigenvalue weighted by atomic mass is 32.1. The number of hydrogen-bond donors (Lipinski definition) is 0. The van der Waals surface area contributed by atoms with E-state index in [1.165, 1.54) is 85.8 Å². The number of nitrogens with zero attached hydrogens (tertiary/aromatic N) is 2. The summed E-state index contributed by atoms with van der Waals surface area (Å²) < 4.78 is 5.01. The van der Waals surface area contributed by atoms with Crippen LogP contribution in [-0.2, 0) is 0 Å². The van der Waals surface area contributed by atoms with Crippen molar-refractivity contribution < 1.29 is 0 Å². The maximum atomic E-state index is 2.44. The Morgan fingerprint density at radius 1 is 0.356 bits per heavy atom. The van der Waals surface area contributed by atoms with Gasteiger partial charge in [0, 0.05) is 53.6 Å². The van der Waals surface area contributed by atoms with Gasteiger partial charge in [-0.1, -0.05) is 158 Å². The molecule has 0 unspecified atom stereocenters. The summed E-state index contributed by atoms with van der Waals surface area (Å²) in [6.07, 6.45) is 0. The lowest BCUT2D eigenvalue weighted by molar-refractivity contribution is 1.18. The molecule has 0 aliphatic rings. The number of para-hydroxylation sites is 3. The molecular formula is C56H36N2S. The highest BCUT2D eigenvalue weighted by molar-refractivity contribution is 7.26. The van der Waals surface area contributed by atoms with Crippen LogP contribution >= 0.6 is 11.3 Å². The summed E-state index contributed by atoms with van der Waals surface area (Å²) in [6, 6.07) is 80.0. The van der Waals surface area contributed by atoms with Crippen LogP contribution in [0.4, 0.5) is 17.1 Å². The van der Waals surface area contributed by atoms with Gasteiger partial charge in [-0.25, -0.2) is 0 Å². The number of anilines is 3. The van der Waals surface area contributed by atoms with E-state index in [9.17, 15) is 0 Å². The molecule has 0 spiro atoms. The molecule has 2 aromatic heterocycles. The zero-order valence-electron chi connectivity index (χ0n) is 32.1. The summed E-state index contributed by atoms with van der Waals surface area (Å²) >= 11 is 1.89. The first-order chi connectivity index (χ1) is 29.2. The Labute approximate surface area is 346 Å². The molecule has 12 rings (SSSR count). The summed E-state index contributed by atoms with van der Waals surface area (Å²) in [6.45, 7) is 0. The Bertz CT molecular complexity index is 3520. The first-order valence-electron chi connectivity index (χ1n) is 20.2. The van der Waals surface area contributed by atoms with Gasteiger partial charge in [-0.15, -0.1) is 11.3 Å². The Hall–Kier alpha value is -7.46. The molecule has 10 aromatic carbocycles. The number of hydrogen-bond acceptors (Lipinski definition) is 2. The maximum Gasteiger partial charge on any atom is 0.0541 e. The minimum atomic E-state index is 1.10. The third-order valence-corrected chi connectivity index (χ3v) is 13.2. The molecule has 0 aliphatic carbocycles. The molecule has 0 saturated heterocycles. The first-order valence-corrected chi connectivity index (χ1v) is 21.0. The average molecular weight is 769 g/mol. The monoisotopic (exact) mass is 768 g/mol. The maximum absolute atomic E-state index is 2.44. The molecule has 0 radical (unpaired) electrons. The van der Waals surface area contributed by atoms with Crippen molar-refractivity contribution in [2.24, 2.45) is 0 Å². The van der Waals surface area contributed by atoms with Gasteiger partial charge in [0.1, 0.15) is 0 Å². The molecule has 276 valence electrons. The second-order valence-corrected chi connectivity index (χ2v) is 16.4. The number of rotatable bonds is 6. The quantitative estimate of drug-likeness (QED) is 0.164. The molecule has 0 N–H and O–H groups in total.